The van der Waals surface area contributed by atoms with Crippen molar-refractivity contribution in [3.63, 3.8) is 0 Å². The third-order valence-corrected chi connectivity index (χ3v) is 7.23. The summed E-state index contributed by atoms with van der Waals surface area (Å²) < 4.78 is 18.3. The normalized spacial score (nSPS) is 47.5. The van der Waals surface area contributed by atoms with Gasteiger partial charge in [0, 0.05) is 30.8 Å². The third kappa shape index (κ3) is 3.39. The Labute approximate surface area is 167 Å². The Hall–Kier alpha value is -0.730. The zero-order chi connectivity index (χ0) is 20.1. The standard InChI is InChI=1S/C21H35NO6/c1-12(2)22-11-9-17(23)24-18-14(4)16-7-6-13(3)15-8-10-20(5)26-19(25-18)21(15,16)28-27-20/h12-16,18-19,22H,6-11H2,1-5H3/t13-,14-,15+,16+,18-,19-,20-,21-/m1/s1. The Balaban J connectivity index is 1.52. The molecule has 0 aromatic carbocycles. The molecule has 0 aromatic heterocycles. The number of hydrogen-bond acceptors (Lipinski definition) is 7. The van der Waals surface area contributed by atoms with Crippen molar-refractivity contribution in [3.05, 3.63) is 0 Å². The molecule has 7 heteroatoms. The van der Waals surface area contributed by atoms with Crippen molar-refractivity contribution in [1.82, 2.24) is 5.32 Å². The summed E-state index contributed by atoms with van der Waals surface area (Å²) in [6.07, 6.45) is 3.02. The summed E-state index contributed by atoms with van der Waals surface area (Å²) >= 11 is 0. The Morgan fingerprint density at radius 2 is 1.96 bits per heavy atom. The van der Waals surface area contributed by atoms with E-state index in [1.807, 2.05) is 6.92 Å². The van der Waals surface area contributed by atoms with E-state index in [1.165, 1.54) is 0 Å². The highest BCUT2D eigenvalue weighted by Gasteiger charge is 2.69. The summed E-state index contributed by atoms with van der Waals surface area (Å²) in [5.74, 6) is -0.0415. The first-order valence-corrected chi connectivity index (χ1v) is 10.9. The second-order valence-electron chi connectivity index (χ2n) is 9.62. The predicted octanol–water partition coefficient (Wildman–Crippen LogP) is 3.13. The number of fused-ring (bicyclic) bond motifs is 2. The fourth-order valence-corrected chi connectivity index (χ4v) is 5.66. The highest BCUT2D eigenvalue weighted by molar-refractivity contribution is 5.69. The minimum absolute atomic E-state index is 0.0166. The molecular formula is C21H35NO6. The molecule has 2 bridgehead atoms. The molecule has 4 heterocycles. The minimum atomic E-state index is -0.812. The monoisotopic (exact) mass is 397 g/mol. The number of carbonyl (C=O) groups is 1. The van der Waals surface area contributed by atoms with Gasteiger partial charge in [0.15, 0.2) is 11.9 Å². The van der Waals surface area contributed by atoms with E-state index in [-0.39, 0.29) is 17.8 Å². The Bertz CT molecular complexity index is 599. The fourth-order valence-electron chi connectivity index (χ4n) is 5.66. The van der Waals surface area contributed by atoms with Crippen molar-refractivity contribution >= 4 is 5.97 Å². The SMILES string of the molecule is CC(C)NCCC(=O)O[C@@H]1O[C@@H]2O[C@@]3(C)CC[C@H]4[C@H](C)CC[C@@H]([C@H]1C)[C@@]24OO3. The first-order valence-electron chi connectivity index (χ1n) is 10.9. The quantitative estimate of drug-likeness (QED) is 0.564. The van der Waals surface area contributed by atoms with Gasteiger partial charge < -0.3 is 19.5 Å². The molecule has 0 amide bonds. The molecule has 28 heavy (non-hydrogen) atoms. The molecule has 160 valence electrons. The molecule has 8 atom stereocenters. The summed E-state index contributed by atoms with van der Waals surface area (Å²) in [5, 5.41) is 3.24. The highest BCUT2D eigenvalue weighted by atomic mass is 17.3. The Kier molecular flexibility index (Phi) is 5.51. The van der Waals surface area contributed by atoms with Crippen LogP contribution >= 0.6 is 0 Å². The summed E-state index contributed by atoms with van der Waals surface area (Å²) in [6, 6.07) is 0.339. The number of carbonyl (C=O) groups excluding carboxylic acids is 1. The second-order valence-corrected chi connectivity index (χ2v) is 9.62. The van der Waals surface area contributed by atoms with Gasteiger partial charge in [0.05, 0.1) is 6.42 Å². The number of ether oxygens (including phenoxy) is 3. The van der Waals surface area contributed by atoms with Gasteiger partial charge in [0.1, 0.15) is 0 Å². The summed E-state index contributed by atoms with van der Waals surface area (Å²) in [5.41, 5.74) is -0.616. The van der Waals surface area contributed by atoms with Crippen LogP contribution in [-0.2, 0) is 28.8 Å². The van der Waals surface area contributed by atoms with Gasteiger partial charge in [-0.3, -0.25) is 4.79 Å². The zero-order valence-corrected chi connectivity index (χ0v) is 17.7. The number of hydrogen-bond donors (Lipinski definition) is 1. The molecular weight excluding hydrogens is 362 g/mol. The maximum absolute atomic E-state index is 12.4. The van der Waals surface area contributed by atoms with Crippen molar-refractivity contribution in [2.75, 3.05) is 6.54 Å². The van der Waals surface area contributed by atoms with Gasteiger partial charge in [-0.25, -0.2) is 9.78 Å². The van der Waals surface area contributed by atoms with Crippen LogP contribution in [0.15, 0.2) is 0 Å². The zero-order valence-electron chi connectivity index (χ0n) is 17.7. The lowest BCUT2D eigenvalue weighted by molar-refractivity contribution is -0.576. The van der Waals surface area contributed by atoms with Crippen LogP contribution in [-0.4, -0.2) is 42.5 Å². The highest BCUT2D eigenvalue weighted by Crippen LogP contribution is 2.60. The van der Waals surface area contributed by atoms with Crippen molar-refractivity contribution in [3.8, 4) is 0 Å². The van der Waals surface area contributed by atoms with E-state index in [4.69, 9.17) is 24.0 Å². The van der Waals surface area contributed by atoms with Crippen molar-refractivity contribution in [2.24, 2.45) is 23.7 Å². The molecule has 1 saturated carbocycles. The van der Waals surface area contributed by atoms with Crippen molar-refractivity contribution in [1.29, 1.82) is 0 Å². The first-order chi connectivity index (χ1) is 13.2. The molecule has 4 saturated heterocycles. The number of rotatable bonds is 5. The smallest absolute Gasteiger partial charge is 0.309 e. The maximum Gasteiger partial charge on any atom is 0.309 e. The van der Waals surface area contributed by atoms with Gasteiger partial charge in [-0.1, -0.05) is 27.7 Å². The summed E-state index contributed by atoms with van der Waals surface area (Å²) in [7, 11) is 0. The van der Waals surface area contributed by atoms with E-state index in [0.29, 0.717) is 30.8 Å². The Morgan fingerprint density at radius 3 is 2.71 bits per heavy atom. The molecule has 5 aliphatic rings. The molecule has 0 radical (unpaired) electrons. The van der Waals surface area contributed by atoms with Crippen LogP contribution in [0.1, 0.15) is 66.7 Å². The van der Waals surface area contributed by atoms with Crippen LogP contribution in [0.3, 0.4) is 0 Å². The van der Waals surface area contributed by atoms with Crippen LogP contribution in [0.4, 0.5) is 0 Å². The maximum atomic E-state index is 12.4. The van der Waals surface area contributed by atoms with Crippen LogP contribution < -0.4 is 5.32 Å². The lowest BCUT2D eigenvalue weighted by Gasteiger charge is -2.59. The van der Waals surface area contributed by atoms with E-state index in [9.17, 15) is 4.79 Å². The van der Waals surface area contributed by atoms with Crippen molar-refractivity contribution < 1.29 is 28.8 Å². The largest absolute Gasteiger partial charge is 0.435 e. The average molecular weight is 398 g/mol. The van der Waals surface area contributed by atoms with Gasteiger partial charge >= 0.3 is 5.97 Å². The molecule has 5 rings (SSSR count). The van der Waals surface area contributed by atoms with Crippen LogP contribution in [0, 0.1) is 23.7 Å². The predicted molar refractivity (Wildman–Crippen MR) is 101 cm³/mol. The molecule has 0 aromatic rings. The molecule has 1 spiro atoms. The molecule has 5 fully saturated rings. The van der Waals surface area contributed by atoms with E-state index in [0.717, 1.165) is 25.7 Å². The van der Waals surface area contributed by atoms with E-state index < -0.39 is 24.0 Å². The van der Waals surface area contributed by atoms with E-state index >= 15 is 0 Å². The van der Waals surface area contributed by atoms with Crippen LogP contribution in [0.25, 0.3) is 0 Å². The van der Waals surface area contributed by atoms with Gasteiger partial charge in [0.2, 0.25) is 12.1 Å². The average Bonchev–Trinajstić information content (AvgIpc) is 2.85. The second kappa shape index (κ2) is 7.51. The van der Waals surface area contributed by atoms with Crippen LogP contribution in [0.2, 0.25) is 0 Å². The fraction of sp³-hybridized carbons (Fsp3) is 0.952. The molecule has 1 N–H and O–H groups in total. The third-order valence-electron chi connectivity index (χ3n) is 7.23. The summed E-state index contributed by atoms with van der Waals surface area (Å²) in [4.78, 5) is 24.3. The Morgan fingerprint density at radius 1 is 1.18 bits per heavy atom. The van der Waals surface area contributed by atoms with Gasteiger partial charge in [-0.2, -0.15) is 0 Å². The van der Waals surface area contributed by atoms with Gasteiger partial charge in [-0.15, -0.1) is 0 Å². The lowest BCUT2D eigenvalue weighted by atomic mass is 9.58. The van der Waals surface area contributed by atoms with Crippen molar-refractivity contribution in [2.45, 2.75) is 96.7 Å². The molecule has 4 aliphatic heterocycles. The van der Waals surface area contributed by atoms with E-state index in [2.05, 4.69) is 33.0 Å². The molecule has 7 nitrogen and oxygen atoms in total. The van der Waals surface area contributed by atoms with E-state index in [1.54, 1.807) is 0 Å². The molecule has 0 unspecified atom stereocenters. The number of esters is 1. The van der Waals surface area contributed by atoms with Gasteiger partial charge in [-0.05, 0) is 38.0 Å². The minimum Gasteiger partial charge on any atom is -0.435 e. The lowest BCUT2D eigenvalue weighted by Crippen LogP contribution is -2.70. The van der Waals surface area contributed by atoms with Gasteiger partial charge in [0.25, 0.3) is 0 Å². The summed E-state index contributed by atoms with van der Waals surface area (Å²) in [6.45, 7) is 11.0. The first kappa shape index (κ1) is 20.5. The number of nitrogens with one attached hydrogen (secondary N) is 1. The van der Waals surface area contributed by atoms with Crippen LogP contribution in [0.5, 0.6) is 0 Å². The topological polar surface area (TPSA) is 75.3 Å². The molecule has 1 aliphatic carbocycles.